The van der Waals surface area contributed by atoms with Crippen molar-refractivity contribution < 1.29 is 0 Å². The summed E-state index contributed by atoms with van der Waals surface area (Å²) in [5.74, 6) is 0. The monoisotopic (exact) mass is 249 g/mol. The third-order valence-corrected chi connectivity index (χ3v) is 3.49. The molecule has 2 aromatic rings. The predicted molar refractivity (Wildman–Crippen MR) is 70.3 cm³/mol. The topological polar surface area (TPSA) is 43.8 Å². The van der Waals surface area contributed by atoms with E-state index in [4.69, 9.17) is 17.3 Å². The molecule has 17 heavy (non-hydrogen) atoms. The first-order valence-corrected chi connectivity index (χ1v) is 5.99. The fraction of sp³-hybridized carbons (Fsp3) is 0.308. The Kier molecular flexibility index (Phi) is 3.50. The maximum Gasteiger partial charge on any atom is 0.0894 e. The van der Waals surface area contributed by atoms with E-state index in [0.717, 1.165) is 22.0 Å². The van der Waals surface area contributed by atoms with Crippen molar-refractivity contribution in [3.63, 3.8) is 0 Å². The molecule has 0 amide bonds. The molecule has 0 aliphatic heterocycles. The predicted octanol–water partition coefficient (Wildman–Crippen LogP) is 2.70. The van der Waals surface area contributed by atoms with Gasteiger partial charge in [-0.1, -0.05) is 41.9 Å². The van der Waals surface area contributed by atoms with Crippen LogP contribution in [0.1, 0.15) is 23.0 Å². The van der Waals surface area contributed by atoms with Gasteiger partial charge in [-0.2, -0.15) is 5.10 Å². The SMILES string of the molecule is Cc1nn(C(CN)c2ccccc2)c(C)c1Cl. The van der Waals surface area contributed by atoms with Crippen LogP contribution < -0.4 is 5.73 Å². The fourth-order valence-electron chi connectivity index (χ4n) is 2.00. The van der Waals surface area contributed by atoms with E-state index in [0.29, 0.717) is 6.54 Å². The first-order chi connectivity index (χ1) is 8.15. The molecule has 1 aromatic heterocycles. The largest absolute Gasteiger partial charge is 0.328 e. The van der Waals surface area contributed by atoms with Crippen molar-refractivity contribution in [2.24, 2.45) is 5.73 Å². The summed E-state index contributed by atoms with van der Waals surface area (Å²) in [7, 11) is 0. The van der Waals surface area contributed by atoms with Crippen LogP contribution in [0.2, 0.25) is 5.02 Å². The molecule has 1 heterocycles. The van der Waals surface area contributed by atoms with E-state index in [1.165, 1.54) is 0 Å². The zero-order valence-electron chi connectivity index (χ0n) is 10.0. The Balaban J connectivity index is 2.46. The maximum atomic E-state index is 6.16. The van der Waals surface area contributed by atoms with Crippen molar-refractivity contribution in [3.05, 3.63) is 52.3 Å². The zero-order chi connectivity index (χ0) is 12.4. The minimum atomic E-state index is 0.0439. The highest BCUT2D eigenvalue weighted by Gasteiger charge is 2.18. The summed E-state index contributed by atoms with van der Waals surface area (Å²) >= 11 is 6.16. The summed E-state index contributed by atoms with van der Waals surface area (Å²) in [5, 5.41) is 5.18. The highest BCUT2D eigenvalue weighted by molar-refractivity contribution is 6.31. The van der Waals surface area contributed by atoms with E-state index >= 15 is 0 Å². The third-order valence-electron chi connectivity index (χ3n) is 2.94. The molecular weight excluding hydrogens is 234 g/mol. The van der Waals surface area contributed by atoms with Crippen LogP contribution in [0.3, 0.4) is 0 Å². The van der Waals surface area contributed by atoms with Gasteiger partial charge in [0.05, 0.1) is 22.5 Å². The van der Waals surface area contributed by atoms with Gasteiger partial charge in [0.15, 0.2) is 0 Å². The number of rotatable bonds is 3. The molecule has 2 N–H and O–H groups in total. The summed E-state index contributed by atoms with van der Waals surface area (Å²) in [5.41, 5.74) is 8.82. The average molecular weight is 250 g/mol. The lowest BCUT2D eigenvalue weighted by Crippen LogP contribution is -2.22. The third kappa shape index (κ3) is 2.21. The Morgan fingerprint density at radius 3 is 2.41 bits per heavy atom. The molecule has 4 heteroatoms. The van der Waals surface area contributed by atoms with Crippen molar-refractivity contribution in [2.45, 2.75) is 19.9 Å². The van der Waals surface area contributed by atoms with Gasteiger partial charge in [0.2, 0.25) is 0 Å². The van der Waals surface area contributed by atoms with E-state index in [9.17, 15) is 0 Å². The minimum Gasteiger partial charge on any atom is -0.328 e. The number of halogens is 1. The second-order valence-electron chi connectivity index (χ2n) is 4.09. The van der Waals surface area contributed by atoms with Gasteiger partial charge < -0.3 is 5.73 Å². The van der Waals surface area contributed by atoms with Crippen LogP contribution in [0.5, 0.6) is 0 Å². The van der Waals surface area contributed by atoms with Gasteiger partial charge in [-0.25, -0.2) is 0 Å². The fourth-order valence-corrected chi connectivity index (χ4v) is 2.12. The summed E-state index contributed by atoms with van der Waals surface area (Å²) in [4.78, 5) is 0. The van der Waals surface area contributed by atoms with Gasteiger partial charge in [0.25, 0.3) is 0 Å². The van der Waals surface area contributed by atoms with Crippen LogP contribution in [-0.4, -0.2) is 16.3 Å². The van der Waals surface area contributed by atoms with Gasteiger partial charge in [0, 0.05) is 6.54 Å². The molecule has 0 saturated carbocycles. The average Bonchev–Trinajstić information content (AvgIpc) is 2.60. The highest BCUT2D eigenvalue weighted by atomic mass is 35.5. The Morgan fingerprint density at radius 1 is 1.29 bits per heavy atom. The van der Waals surface area contributed by atoms with E-state index in [1.807, 2.05) is 36.7 Å². The first kappa shape index (κ1) is 12.1. The van der Waals surface area contributed by atoms with Crippen molar-refractivity contribution in [1.29, 1.82) is 0 Å². The van der Waals surface area contributed by atoms with Crippen molar-refractivity contribution in [3.8, 4) is 0 Å². The lowest BCUT2D eigenvalue weighted by molar-refractivity contribution is 0.516. The normalized spacial score (nSPS) is 12.7. The van der Waals surface area contributed by atoms with Crippen LogP contribution in [0.15, 0.2) is 30.3 Å². The number of nitrogens with two attached hydrogens (primary N) is 1. The van der Waals surface area contributed by atoms with Crippen molar-refractivity contribution in [1.82, 2.24) is 9.78 Å². The Bertz CT molecular complexity index is 505. The van der Waals surface area contributed by atoms with Crippen LogP contribution in [-0.2, 0) is 0 Å². The van der Waals surface area contributed by atoms with E-state index in [1.54, 1.807) is 0 Å². The molecule has 0 aliphatic carbocycles. The maximum absolute atomic E-state index is 6.16. The smallest absolute Gasteiger partial charge is 0.0894 e. The van der Waals surface area contributed by atoms with E-state index in [2.05, 4.69) is 17.2 Å². The second-order valence-corrected chi connectivity index (χ2v) is 4.47. The first-order valence-electron chi connectivity index (χ1n) is 5.61. The Labute approximate surface area is 106 Å². The number of aromatic nitrogens is 2. The summed E-state index contributed by atoms with van der Waals surface area (Å²) in [6, 6.07) is 10.2. The molecule has 1 aromatic carbocycles. The lowest BCUT2D eigenvalue weighted by Gasteiger charge is -2.17. The molecule has 0 spiro atoms. The molecule has 1 unspecified atom stereocenters. The van der Waals surface area contributed by atoms with Crippen LogP contribution in [0.4, 0.5) is 0 Å². The van der Waals surface area contributed by atoms with Gasteiger partial charge in [-0.15, -0.1) is 0 Å². The summed E-state index contributed by atoms with van der Waals surface area (Å²) < 4.78 is 1.91. The molecular formula is C13H16ClN3. The molecule has 0 aliphatic rings. The number of benzene rings is 1. The van der Waals surface area contributed by atoms with Crippen molar-refractivity contribution >= 4 is 11.6 Å². The number of hydrogen-bond acceptors (Lipinski definition) is 2. The Hall–Kier alpha value is -1.32. The molecule has 90 valence electrons. The Morgan fingerprint density at radius 2 is 1.94 bits per heavy atom. The molecule has 0 bridgehead atoms. The summed E-state index contributed by atoms with van der Waals surface area (Å²) in [6.45, 7) is 4.38. The van der Waals surface area contributed by atoms with Crippen LogP contribution in [0.25, 0.3) is 0 Å². The quantitative estimate of drug-likeness (QED) is 0.909. The van der Waals surface area contributed by atoms with Crippen LogP contribution >= 0.6 is 11.6 Å². The molecule has 0 fully saturated rings. The van der Waals surface area contributed by atoms with E-state index < -0.39 is 0 Å². The number of aryl methyl sites for hydroxylation is 1. The van der Waals surface area contributed by atoms with Gasteiger partial charge >= 0.3 is 0 Å². The second kappa shape index (κ2) is 4.90. The molecule has 2 rings (SSSR count). The molecule has 0 radical (unpaired) electrons. The van der Waals surface area contributed by atoms with Crippen molar-refractivity contribution in [2.75, 3.05) is 6.54 Å². The molecule has 1 atom stereocenters. The zero-order valence-corrected chi connectivity index (χ0v) is 10.8. The number of hydrogen-bond donors (Lipinski definition) is 1. The van der Waals surface area contributed by atoms with Gasteiger partial charge in [-0.3, -0.25) is 4.68 Å². The van der Waals surface area contributed by atoms with E-state index in [-0.39, 0.29) is 6.04 Å². The molecule has 3 nitrogen and oxygen atoms in total. The van der Waals surface area contributed by atoms with Gasteiger partial charge in [0.1, 0.15) is 0 Å². The molecule has 0 saturated heterocycles. The summed E-state index contributed by atoms with van der Waals surface area (Å²) in [6.07, 6.45) is 0. The van der Waals surface area contributed by atoms with Gasteiger partial charge in [-0.05, 0) is 19.4 Å². The number of nitrogens with zero attached hydrogens (tertiary/aromatic N) is 2. The highest BCUT2D eigenvalue weighted by Crippen LogP contribution is 2.25. The standard InChI is InChI=1S/C13H16ClN3/c1-9-13(14)10(2)17(16-9)12(8-15)11-6-4-3-5-7-11/h3-7,12H,8,15H2,1-2H3. The van der Waals surface area contributed by atoms with Crippen LogP contribution in [0, 0.1) is 13.8 Å². The minimum absolute atomic E-state index is 0.0439. The lowest BCUT2D eigenvalue weighted by atomic mass is 10.1.